The van der Waals surface area contributed by atoms with Crippen molar-refractivity contribution in [3.8, 4) is 5.75 Å². The zero-order chi connectivity index (χ0) is 13.5. The second kappa shape index (κ2) is 7.08. The first-order valence-electron chi connectivity index (χ1n) is 5.68. The van der Waals surface area contributed by atoms with Crippen LogP contribution in [-0.2, 0) is 0 Å². The van der Waals surface area contributed by atoms with Crippen molar-refractivity contribution in [3.63, 3.8) is 0 Å². The van der Waals surface area contributed by atoms with Gasteiger partial charge in [0.15, 0.2) is 0 Å². The van der Waals surface area contributed by atoms with Crippen LogP contribution in [0.2, 0.25) is 0 Å². The highest BCUT2D eigenvalue weighted by Crippen LogP contribution is 2.29. The number of rotatable bonds is 7. The van der Waals surface area contributed by atoms with E-state index in [9.17, 15) is 8.78 Å². The van der Waals surface area contributed by atoms with Crippen LogP contribution in [0.1, 0.15) is 31.4 Å². The summed E-state index contributed by atoms with van der Waals surface area (Å²) in [6, 6.07) is 6.40. The van der Waals surface area contributed by atoms with E-state index >= 15 is 0 Å². The number of nitrogens with one attached hydrogen (secondary N) is 1. The van der Waals surface area contributed by atoms with Gasteiger partial charge in [0, 0.05) is 11.6 Å². The molecule has 0 heterocycles. The van der Waals surface area contributed by atoms with Crippen LogP contribution in [-0.4, -0.2) is 6.61 Å². The van der Waals surface area contributed by atoms with Crippen LogP contribution in [0.3, 0.4) is 0 Å². The zero-order valence-corrected chi connectivity index (χ0v) is 10.3. The lowest BCUT2D eigenvalue weighted by Gasteiger charge is -2.19. The molecule has 0 radical (unpaired) electrons. The Balaban J connectivity index is 2.86. The predicted octanol–water partition coefficient (Wildman–Crippen LogP) is 3.15. The number of ether oxygens (including phenoxy) is 1. The fraction of sp³-hybridized carbons (Fsp3) is 0.385. The molecule has 0 fully saturated rings. The summed E-state index contributed by atoms with van der Waals surface area (Å²) in [5.74, 6) is 5.62. The SMILES string of the molecule is C=C(C)CCC(NN)c1ccccc1OC(F)F. The molecule has 100 valence electrons. The number of halogens is 2. The van der Waals surface area contributed by atoms with Crippen LogP contribution in [0, 0.1) is 0 Å². The molecule has 0 saturated heterocycles. The molecule has 0 aromatic heterocycles. The summed E-state index contributed by atoms with van der Waals surface area (Å²) in [4.78, 5) is 0. The first-order valence-corrected chi connectivity index (χ1v) is 5.68. The average molecular weight is 256 g/mol. The van der Waals surface area contributed by atoms with Crippen molar-refractivity contribution in [1.82, 2.24) is 5.43 Å². The summed E-state index contributed by atoms with van der Waals surface area (Å²) >= 11 is 0. The molecular weight excluding hydrogens is 238 g/mol. The molecule has 5 heteroatoms. The Labute approximate surface area is 106 Å². The molecule has 0 saturated carbocycles. The summed E-state index contributed by atoms with van der Waals surface area (Å²) in [5, 5.41) is 0. The first kappa shape index (κ1) is 14.6. The Bertz CT molecular complexity index is 396. The van der Waals surface area contributed by atoms with E-state index in [1.54, 1.807) is 18.2 Å². The Morgan fingerprint density at radius 3 is 2.67 bits per heavy atom. The Morgan fingerprint density at radius 1 is 1.44 bits per heavy atom. The van der Waals surface area contributed by atoms with Crippen LogP contribution in [0.4, 0.5) is 8.78 Å². The monoisotopic (exact) mass is 256 g/mol. The van der Waals surface area contributed by atoms with Crippen LogP contribution in [0.25, 0.3) is 0 Å². The maximum Gasteiger partial charge on any atom is 0.387 e. The molecule has 0 amide bonds. The Kier molecular flexibility index (Phi) is 5.74. The van der Waals surface area contributed by atoms with E-state index in [1.807, 2.05) is 6.92 Å². The predicted molar refractivity (Wildman–Crippen MR) is 67.2 cm³/mol. The quantitative estimate of drug-likeness (QED) is 0.447. The van der Waals surface area contributed by atoms with Gasteiger partial charge in [-0.15, -0.1) is 6.58 Å². The van der Waals surface area contributed by atoms with Crippen molar-refractivity contribution < 1.29 is 13.5 Å². The fourth-order valence-electron chi connectivity index (χ4n) is 1.69. The van der Waals surface area contributed by atoms with Crippen molar-refractivity contribution >= 4 is 0 Å². The third kappa shape index (κ3) is 4.43. The average Bonchev–Trinajstić information content (AvgIpc) is 2.30. The van der Waals surface area contributed by atoms with Crippen molar-refractivity contribution in [2.75, 3.05) is 0 Å². The molecule has 1 unspecified atom stereocenters. The summed E-state index contributed by atoms with van der Waals surface area (Å²) in [6.45, 7) is 2.88. The van der Waals surface area contributed by atoms with Gasteiger partial charge in [-0.1, -0.05) is 23.8 Å². The molecule has 1 atom stereocenters. The van der Waals surface area contributed by atoms with Gasteiger partial charge in [0.2, 0.25) is 0 Å². The maximum atomic E-state index is 12.3. The van der Waals surface area contributed by atoms with Gasteiger partial charge in [0.25, 0.3) is 0 Å². The van der Waals surface area contributed by atoms with E-state index in [0.29, 0.717) is 12.0 Å². The summed E-state index contributed by atoms with van der Waals surface area (Å²) < 4.78 is 29.1. The van der Waals surface area contributed by atoms with Gasteiger partial charge in [0.1, 0.15) is 5.75 Å². The molecule has 18 heavy (non-hydrogen) atoms. The molecule has 3 N–H and O–H groups in total. The third-order valence-corrected chi connectivity index (χ3v) is 2.57. The lowest BCUT2D eigenvalue weighted by Crippen LogP contribution is -2.28. The number of allylic oxidation sites excluding steroid dienone is 1. The second-order valence-electron chi connectivity index (χ2n) is 4.13. The number of hydrazine groups is 1. The minimum absolute atomic E-state index is 0.150. The molecule has 1 rings (SSSR count). The molecular formula is C13H18F2N2O. The first-order chi connectivity index (χ1) is 8.54. The highest BCUT2D eigenvalue weighted by atomic mass is 19.3. The molecule has 0 aliphatic rings. The van der Waals surface area contributed by atoms with Crippen LogP contribution < -0.4 is 16.0 Å². The van der Waals surface area contributed by atoms with E-state index < -0.39 is 6.61 Å². The lowest BCUT2D eigenvalue weighted by atomic mass is 9.99. The van der Waals surface area contributed by atoms with Crippen molar-refractivity contribution in [2.24, 2.45) is 5.84 Å². The number of benzene rings is 1. The van der Waals surface area contributed by atoms with Gasteiger partial charge in [-0.3, -0.25) is 11.3 Å². The van der Waals surface area contributed by atoms with Gasteiger partial charge in [-0.25, -0.2) is 0 Å². The topological polar surface area (TPSA) is 47.3 Å². The number of alkyl halides is 2. The van der Waals surface area contributed by atoms with Crippen molar-refractivity contribution in [2.45, 2.75) is 32.4 Å². The lowest BCUT2D eigenvalue weighted by molar-refractivity contribution is -0.0507. The van der Waals surface area contributed by atoms with Gasteiger partial charge in [-0.05, 0) is 25.8 Å². The highest BCUT2D eigenvalue weighted by Gasteiger charge is 2.16. The van der Waals surface area contributed by atoms with E-state index in [-0.39, 0.29) is 11.8 Å². The zero-order valence-electron chi connectivity index (χ0n) is 10.3. The molecule has 0 spiro atoms. The molecule has 0 bridgehead atoms. The fourth-order valence-corrected chi connectivity index (χ4v) is 1.69. The highest BCUT2D eigenvalue weighted by molar-refractivity contribution is 5.36. The number of para-hydroxylation sites is 1. The summed E-state index contributed by atoms with van der Waals surface area (Å²) in [5.41, 5.74) is 4.26. The third-order valence-electron chi connectivity index (χ3n) is 2.57. The molecule has 3 nitrogen and oxygen atoms in total. The normalized spacial score (nSPS) is 12.5. The van der Waals surface area contributed by atoms with Gasteiger partial charge in [0.05, 0.1) is 0 Å². The molecule has 0 aliphatic heterocycles. The smallest absolute Gasteiger partial charge is 0.387 e. The largest absolute Gasteiger partial charge is 0.434 e. The number of hydrogen-bond donors (Lipinski definition) is 2. The van der Waals surface area contributed by atoms with Gasteiger partial charge < -0.3 is 4.74 Å². The van der Waals surface area contributed by atoms with Gasteiger partial charge in [-0.2, -0.15) is 8.78 Å². The number of hydrogen-bond acceptors (Lipinski definition) is 3. The number of nitrogens with two attached hydrogens (primary N) is 1. The summed E-state index contributed by atoms with van der Waals surface area (Å²) in [6.07, 6.45) is 1.44. The molecule has 1 aromatic carbocycles. The Morgan fingerprint density at radius 2 is 2.11 bits per heavy atom. The van der Waals surface area contributed by atoms with E-state index in [0.717, 1.165) is 12.0 Å². The summed E-state index contributed by atoms with van der Waals surface area (Å²) in [7, 11) is 0. The van der Waals surface area contributed by atoms with Gasteiger partial charge >= 0.3 is 6.61 Å². The Hall–Kier alpha value is -1.46. The molecule has 1 aromatic rings. The van der Waals surface area contributed by atoms with Crippen LogP contribution in [0.15, 0.2) is 36.4 Å². The minimum Gasteiger partial charge on any atom is -0.434 e. The minimum atomic E-state index is -2.84. The van der Waals surface area contributed by atoms with E-state index in [2.05, 4.69) is 16.7 Å². The van der Waals surface area contributed by atoms with Crippen molar-refractivity contribution in [3.05, 3.63) is 42.0 Å². The van der Waals surface area contributed by atoms with Crippen LogP contribution in [0.5, 0.6) is 5.75 Å². The molecule has 0 aliphatic carbocycles. The van der Waals surface area contributed by atoms with Crippen LogP contribution >= 0.6 is 0 Å². The van der Waals surface area contributed by atoms with E-state index in [4.69, 9.17) is 5.84 Å². The van der Waals surface area contributed by atoms with Crippen molar-refractivity contribution in [1.29, 1.82) is 0 Å². The second-order valence-corrected chi connectivity index (χ2v) is 4.13. The standard InChI is InChI=1S/C13H18F2N2O/c1-9(2)7-8-11(17-16)10-5-3-4-6-12(10)18-13(14)15/h3-6,11,13,17H,1,7-8,16H2,2H3. The van der Waals surface area contributed by atoms with E-state index in [1.165, 1.54) is 6.07 Å². The maximum absolute atomic E-state index is 12.3.